The summed E-state index contributed by atoms with van der Waals surface area (Å²) in [7, 11) is 0. The number of carbonyl (C=O) groups is 3. The first-order valence-electron chi connectivity index (χ1n) is 17.5. The molecule has 3 rings (SSSR count). The topological polar surface area (TPSA) is 256 Å². The molecular formula is C35H49N11O8. The summed E-state index contributed by atoms with van der Waals surface area (Å²) in [6.07, 6.45) is 0.353. The van der Waals surface area contributed by atoms with Gasteiger partial charge in [0.05, 0.1) is 52.9 Å². The van der Waals surface area contributed by atoms with E-state index in [-0.39, 0.29) is 42.1 Å². The predicted molar refractivity (Wildman–Crippen MR) is 201 cm³/mol. The monoisotopic (exact) mass is 751 g/mol. The molecule has 19 nitrogen and oxygen atoms in total. The van der Waals surface area contributed by atoms with Crippen LogP contribution < -0.4 is 26.6 Å². The van der Waals surface area contributed by atoms with E-state index in [9.17, 15) is 19.5 Å². The van der Waals surface area contributed by atoms with E-state index >= 15 is 0 Å². The van der Waals surface area contributed by atoms with Crippen molar-refractivity contribution in [3.05, 3.63) is 76.2 Å². The molecule has 19 heteroatoms. The van der Waals surface area contributed by atoms with Crippen LogP contribution >= 0.6 is 0 Å². The number of carboxylic acid groups (broad SMARTS) is 1. The number of aromatic nitrogens is 3. The van der Waals surface area contributed by atoms with Crippen LogP contribution in [0.25, 0.3) is 10.4 Å². The number of carboxylic acids is 1. The van der Waals surface area contributed by atoms with E-state index in [4.69, 9.17) is 24.5 Å². The molecule has 0 saturated carbocycles. The molecule has 1 aromatic heterocycles. The zero-order valence-corrected chi connectivity index (χ0v) is 30.5. The number of aliphatic carboxylic acids is 1. The minimum atomic E-state index is -1.03. The van der Waals surface area contributed by atoms with Crippen molar-refractivity contribution >= 4 is 41.3 Å². The van der Waals surface area contributed by atoms with Crippen molar-refractivity contribution < 1.29 is 38.4 Å². The first-order chi connectivity index (χ1) is 26.2. The number of hydrogen-bond acceptors (Lipinski definition) is 14. The fourth-order valence-electron chi connectivity index (χ4n) is 4.55. The standard InChI is InChI=1S/C35H49N11O8/c1-25(2)24-29(32(49)50)42-35-44-33(39-14-18-53-21-20-51-16-12-37-30(47)26-6-4-3-5-7-26)43-34(45-35)41-28-10-8-27(9-11-28)31(48)38-13-17-52-22-23-54-19-15-40-46-36/h3-11,25,29H,12-24H2,1-2H3,(H,37,47)(H,38,48)(H,49,50)(H3,39,41,42,43,44,45)/t29-/m0/s1. The molecule has 1 heterocycles. The quantitative estimate of drug-likeness (QED) is 0.0269. The number of nitrogens with zero attached hydrogens (tertiary/aromatic N) is 6. The third kappa shape index (κ3) is 17.8. The summed E-state index contributed by atoms with van der Waals surface area (Å²) in [6, 6.07) is 14.7. The van der Waals surface area contributed by atoms with Gasteiger partial charge >= 0.3 is 5.97 Å². The van der Waals surface area contributed by atoms with Crippen molar-refractivity contribution in [2.24, 2.45) is 11.0 Å². The lowest BCUT2D eigenvalue weighted by Gasteiger charge is -2.17. The van der Waals surface area contributed by atoms with Gasteiger partial charge in [0.1, 0.15) is 6.04 Å². The van der Waals surface area contributed by atoms with Crippen LogP contribution in [-0.2, 0) is 23.7 Å². The van der Waals surface area contributed by atoms with E-state index in [2.05, 4.69) is 51.6 Å². The summed E-state index contributed by atoms with van der Waals surface area (Å²) >= 11 is 0. The molecule has 0 aliphatic heterocycles. The van der Waals surface area contributed by atoms with Crippen molar-refractivity contribution in [2.45, 2.75) is 26.3 Å². The molecule has 6 N–H and O–H groups in total. The second kappa shape index (κ2) is 25.4. The maximum atomic E-state index is 12.6. The third-order valence-electron chi connectivity index (χ3n) is 7.12. The van der Waals surface area contributed by atoms with Crippen LogP contribution in [0.3, 0.4) is 0 Å². The zero-order valence-electron chi connectivity index (χ0n) is 30.5. The molecule has 3 aromatic rings. The lowest BCUT2D eigenvalue weighted by molar-refractivity contribution is -0.138. The summed E-state index contributed by atoms with van der Waals surface area (Å²) in [5.74, 6) is -0.961. The van der Waals surface area contributed by atoms with Crippen LogP contribution in [0.1, 0.15) is 41.0 Å². The highest BCUT2D eigenvalue weighted by atomic mass is 16.5. The van der Waals surface area contributed by atoms with E-state index in [1.54, 1.807) is 48.5 Å². The van der Waals surface area contributed by atoms with Crippen molar-refractivity contribution in [1.82, 2.24) is 25.6 Å². The first-order valence-corrected chi connectivity index (χ1v) is 17.5. The van der Waals surface area contributed by atoms with Gasteiger partial charge in [-0.1, -0.05) is 37.2 Å². The number of nitrogens with one attached hydrogen (secondary N) is 5. The van der Waals surface area contributed by atoms with Crippen LogP contribution in [0.15, 0.2) is 59.7 Å². The van der Waals surface area contributed by atoms with Crippen LogP contribution in [0.2, 0.25) is 0 Å². The number of amides is 2. The molecule has 0 saturated heterocycles. The SMILES string of the molecule is CC(C)C[C@H](Nc1nc(NCCOCCOCCNC(=O)c2ccccc2)nc(Nc2ccc(C(=O)NCCOCCOCCN=[N+]=[N-])cc2)n1)C(=O)O. The molecule has 2 aromatic carbocycles. The molecule has 54 heavy (non-hydrogen) atoms. The summed E-state index contributed by atoms with van der Waals surface area (Å²) < 4.78 is 21.8. The Morgan fingerprint density at radius 1 is 0.722 bits per heavy atom. The minimum Gasteiger partial charge on any atom is -0.480 e. The highest BCUT2D eigenvalue weighted by molar-refractivity contribution is 5.94. The highest BCUT2D eigenvalue weighted by Gasteiger charge is 2.21. The Bertz CT molecular complexity index is 1610. The fraction of sp³-hybridized carbons (Fsp3) is 0.486. The Kier molecular flexibility index (Phi) is 20.1. The predicted octanol–water partition coefficient (Wildman–Crippen LogP) is 3.47. The van der Waals surface area contributed by atoms with Crippen LogP contribution in [-0.4, -0.2) is 123 Å². The molecule has 0 radical (unpaired) electrons. The van der Waals surface area contributed by atoms with Gasteiger partial charge < -0.3 is 50.6 Å². The lowest BCUT2D eigenvalue weighted by Crippen LogP contribution is -2.31. The molecule has 0 fully saturated rings. The van der Waals surface area contributed by atoms with Crippen LogP contribution in [0.4, 0.5) is 23.5 Å². The van der Waals surface area contributed by atoms with Crippen molar-refractivity contribution in [2.75, 3.05) is 95.0 Å². The van der Waals surface area contributed by atoms with Gasteiger partial charge in [0.25, 0.3) is 11.8 Å². The summed E-state index contributed by atoms with van der Waals surface area (Å²) in [5.41, 5.74) is 9.83. The van der Waals surface area contributed by atoms with Crippen molar-refractivity contribution in [3.8, 4) is 0 Å². The number of azide groups is 1. The van der Waals surface area contributed by atoms with E-state index in [0.29, 0.717) is 95.7 Å². The smallest absolute Gasteiger partial charge is 0.326 e. The Labute approximate surface area is 313 Å². The molecule has 292 valence electrons. The van der Waals surface area contributed by atoms with Gasteiger partial charge in [0.2, 0.25) is 17.8 Å². The molecule has 0 spiro atoms. The van der Waals surface area contributed by atoms with E-state index in [1.165, 1.54) is 0 Å². The number of anilines is 4. The summed E-state index contributed by atoms with van der Waals surface area (Å²) in [5, 5.41) is 27.8. The Hall–Kier alpha value is -5.59. The van der Waals surface area contributed by atoms with Gasteiger partial charge in [0, 0.05) is 47.9 Å². The average Bonchev–Trinajstić information content (AvgIpc) is 3.16. The van der Waals surface area contributed by atoms with E-state index < -0.39 is 12.0 Å². The molecule has 1 atom stereocenters. The Morgan fingerprint density at radius 2 is 1.26 bits per heavy atom. The van der Waals surface area contributed by atoms with Gasteiger partial charge in [-0.3, -0.25) is 9.59 Å². The first kappa shape index (κ1) is 42.8. The summed E-state index contributed by atoms with van der Waals surface area (Å²) in [6.45, 7) is 7.76. The van der Waals surface area contributed by atoms with Gasteiger partial charge in [-0.25, -0.2) is 4.79 Å². The Balaban J connectivity index is 1.46. The van der Waals surface area contributed by atoms with E-state index in [0.717, 1.165) is 0 Å². The molecule has 0 aliphatic carbocycles. The number of benzene rings is 2. The molecular weight excluding hydrogens is 702 g/mol. The maximum absolute atomic E-state index is 12.6. The average molecular weight is 752 g/mol. The zero-order chi connectivity index (χ0) is 38.8. The summed E-state index contributed by atoms with van der Waals surface area (Å²) in [4.78, 5) is 52.4. The fourth-order valence-corrected chi connectivity index (χ4v) is 4.55. The van der Waals surface area contributed by atoms with Gasteiger partial charge in [-0.2, -0.15) is 15.0 Å². The normalized spacial score (nSPS) is 11.3. The van der Waals surface area contributed by atoms with Gasteiger partial charge in [0.15, 0.2) is 0 Å². The number of ether oxygens (including phenoxy) is 4. The van der Waals surface area contributed by atoms with Crippen LogP contribution in [0.5, 0.6) is 0 Å². The minimum absolute atomic E-state index is 0.0645. The largest absolute Gasteiger partial charge is 0.480 e. The van der Waals surface area contributed by atoms with Crippen molar-refractivity contribution in [3.63, 3.8) is 0 Å². The van der Waals surface area contributed by atoms with Gasteiger partial charge in [-0.05, 0) is 54.3 Å². The molecule has 2 amide bonds. The second-order valence-corrected chi connectivity index (χ2v) is 11.9. The van der Waals surface area contributed by atoms with Crippen LogP contribution in [0, 0.1) is 5.92 Å². The maximum Gasteiger partial charge on any atom is 0.326 e. The lowest BCUT2D eigenvalue weighted by atomic mass is 10.0. The molecule has 0 unspecified atom stereocenters. The van der Waals surface area contributed by atoms with Gasteiger partial charge in [-0.15, -0.1) is 0 Å². The van der Waals surface area contributed by atoms with E-state index in [1.807, 2.05) is 19.9 Å². The Morgan fingerprint density at radius 3 is 1.83 bits per heavy atom. The third-order valence-corrected chi connectivity index (χ3v) is 7.12. The number of carbonyl (C=O) groups excluding carboxylic acids is 2. The molecule has 0 bridgehead atoms. The highest BCUT2D eigenvalue weighted by Crippen LogP contribution is 2.18. The number of rotatable bonds is 28. The second-order valence-electron chi connectivity index (χ2n) is 11.9. The molecule has 0 aliphatic rings. The van der Waals surface area contributed by atoms with Crippen molar-refractivity contribution in [1.29, 1.82) is 0 Å². The number of hydrogen-bond donors (Lipinski definition) is 6.